The zero-order chi connectivity index (χ0) is 11.0. The quantitative estimate of drug-likeness (QED) is 0.731. The van der Waals surface area contributed by atoms with Gasteiger partial charge < -0.3 is 0 Å². The van der Waals surface area contributed by atoms with Gasteiger partial charge in [-0.2, -0.15) is 5.10 Å². The lowest BCUT2D eigenvalue weighted by atomic mass is 10.0. The lowest BCUT2D eigenvalue weighted by Gasteiger charge is -2.00. The topological polar surface area (TPSA) is 17.8 Å². The Hall–Kier alpha value is -1.31. The van der Waals surface area contributed by atoms with Crippen LogP contribution in [-0.2, 0) is 13.5 Å². The fraction of sp³-hybridized carbons (Fsp3) is 0.462. The van der Waals surface area contributed by atoms with Crippen LogP contribution in [0.1, 0.15) is 37.9 Å². The van der Waals surface area contributed by atoms with E-state index in [2.05, 4.69) is 44.1 Å². The smallest absolute Gasteiger partial charge is 0.0728 e. The van der Waals surface area contributed by atoms with Crippen LogP contribution in [0.15, 0.2) is 18.2 Å². The van der Waals surface area contributed by atoms with Crippen molar-refractivity contribution < 1.29 is 0 Å². The molecule has 15 heavy (non-hydrogen) atoms. The average Bonchev–Trinajstić information content (AvgIpc) is 2.56. The van der Waals surface area contributed by atoms with E-state index in [1.165, 1.54) is 22.2 Å². The van der Waals surface area contributed by atoms with Crippen LogP contribution in [0, 0.1) is 0 Å². The summed E-state index contributed by atoms with van der Waals surface area (Å²) >= 11 is 0. The standard InChI is InChI=1S/C13H18N2/c1-5-10-6-7-11-12(8-10)15(4)14-13(11)9(2)3/h6-9H,5H2,1-4H3. The van der Waals surface area contributed by atoms with Crippen LogP contribution in [0.3, 0.4) is 0 Å². The molecule has 0 saturated heterocycles. The Kier molecular flexibility index (Phi) is 2.51. The number of hydrogen-bond acceptors (Lipinski definition) is 1. The van der Waals surface area contributed by atoms with Crippen molar-refractivity contribution in [2.24, 2.45) is 7.05 Å². The number of rotatable bonds is 2. The summed E-state index contributed by atoms with van der Waals surface area (Å²) in [6.07, 6.45) is 1.08. The van der Waals surface area contributed by atoms with Gasteiger partial charge in [0.25, 0.3) is 0 Å². The van der Waals surface area contributed by atoms with Crippen molar-refractivity contribution >= 4 is 10.9 Å². The number of fused-ring (bicyclic) bond motifs is 1. The molecule has 2 heteroatoms. The van der Waals surface area contributed by atoms with E-state index in [0.717, 1.165) is 6.42 Å². The zero-order valence-corrected chi connectivity index (χ0v) is 9.91. The molecular weight excluding hydrogens is 184 g/mol. The van der Waals surface area contributed by atoms with Crippen LogP contribution in [0.5, 0.6) is 0 Å². The number of benzene rings is 1. The Balaban J connectivity index is 2.69. The fourth-order valence-corrected chi connectivity index (χ4v) is 1.98. The maximum atomic E-state index is 4.58. The Morgan fingerprint density at radius 3 is 2.67 bits per heavy atom. The first kappa shape index (κ1) is 10.2. The minimum Gasteiger partial charge on any atom is -0.268 e. The molecule has 0 radical (unpaired) electrons. The molecule has 0 spiro atoms. The number of hydrogen-bond donors (Lipinski definition) is 0. The highest BCUT2D eigenvalue weighted by atomic mass is 15.3. The molecule has 0 aliphatic rings. The predicted molar refractivity (Wildman–Crippen MR) is 64.2 cm³/mol. The minimum atomic E-state index is 0.487. The summed E-state index contributed by atoms with van der Waals surface area (Å²) in [4.78, 5) is 0. The first-order valence-corrected chi connectivity index (χ1v) is 5.59. The van der Waals surface area contributed by atoms with Gasteiger partial charge >= 0.3 is 0 Å². The molecule has 1 heterocycles. The van der Waals surface area contributed by atoms with Crippen molar-refractivity contribution in [3.63, 3.8) is 0 Å². The average molecular weight is 202 g/mol. The normalized spacial score (nSPS) is 11.5. The largest absolute Gasteiger partial charge is 0.268 e. The second kappa shape index (κ2) is 3.69. The minimum absolute atomic E-state index is 0.487. The van der Waals surface area contributed by atoms with Crippen LogP contribution >= 0.6 is 0 Å². The number of nitrogens with zero attached hydrogens (tertiary/aromatic N) is 2. The van der Waals surface area contributed by atoms with Crippen LogP contribution in [0.25, 0.3) is 10.9 Å². The molecule has 1 aromatic carbocycles. The van der Waals surface area contributed by atoms with E-state index in [9.17, 15) is 0 Å². The summed E-state index contributed by atoms with van der Waals surface area (Å²) < 4.78 is 1.99. The summed E-state index contributed by atoms with van der Waals surface area (Å²) in [5, 5.41) is 5.88. The summed E-state index contributed by atoms with van der Waals surface area (Å²) in [7, 11) is 2.02. The first-order valence-electron chi connectivity index (χ1n) is 5.59. The molecule has 0 saturated carbocycles. The first-order chi connectivity index (χ1) is 7.13. The maximum Gasteiger partial charge on any atom is 0.0728 e. The molecule has 0 atom stereocenters. The maximum absolute atomic E-state index is 4.58. The molecule has 0 bridgehead atoms. The molecule has 0 unspecified atom stereocenters. The van der Waals surface area contributed by atoms with Crippen molar-refractivity contribution in [3.8, 4) is 0 Å². The Labute approximate surface area is 90.9 Å². The highest BCUT2D eigenvalue weighted by molar-refractivity contribution is 5.83. The van der Waals surface area contributed by atoms with Gasteiger partial charge in [-0.25, -0.2) is 0 Å². The molecule has 0 amide bonds. The van der Waals surface area contributed by atoms with Gasteiger partial charge in [-0.1, -0.05) is 32.9 Å². The van der Waals surface area contributed by atoms with Gasteiger partial charge in [-0.05, 0) is 24.0 Å². The zero-order valence-electron chi connectivity index (χ0n) is 9.91. The Morgan fingerprint density at radius 2 is 2.07 bits per heavy atom. The van der Waals surface area contributed by atoms with Gasteiger partial charge in [0.05, 0.1) is 11.2 Å². The molecule has 0 N–H and O–H groups in total. The van der Waals surface area contributed by atoms with Crippen LogP contribution in [-0.4, -0.2) is 9.78 Å². The van der Waals surface area contributed by atoms with Crippen LogP contribution in [0.2, 0.25) is 0 Å². The van der Waals surface area contributed by atoms with Gasteiger partial charge in [-0.3, -0.25) is 4.68 Å². The molecule has 0 fully saturated rings. The van der Waals surface area contributed by atoms with E-state index < -0.39 is 0 Å². The number of aromatic nitrogens is 2. The van der Waals surface area contributed by atoms with Crippen LogP contribution in [0.4, 0.5) is 0 Å². The van der Waals surface area contributed by atoms with E-state index in [4.69, 9.17) is 0 Å². The highest BCUT2D eigenvalue weighted by Crippen LogP contribution is 2.25. The lowest BCUT2D eigenvalue weighted by Crippen LogP contribution is -1.93. The summed E-state index contributed by atoms with van der Waals surface area (Å²) in [6, 6.07) is 6.65. The van der Waals surface area contributed by atoms with E-state index in [-0.39, 0.29) is 0 Å². The number of aryl methyl sites for hydroxylation is 2. The van der Waals surface area contributed by atoms with E-state index in [1.54, 1.807) is 0 Å². The van der Waals surface area contributed by atoms with Crippen molar-refractivity contribution in [3.05, 3.63) is 29.5 Å². The summed E-state index contributed by atoms with van der Waals surface area (Å²) in [5.74, 6) is 0.487. The van der Waals surface area contributed by atoms with Crippen LogP contribution < -0.4 is 0 Å². The van der Waals surface area contributed by atoms with Gasteiger partial charge in [0.2, 0.25) is 0 Å². The van der Waals surface area contributed by atoms with Gasteiger partial charge in [-0.15, -0.1) is 0 Å². The predicted octanol–water partition coefficient (Wildman–Crippen LogP) is 3.26. The van der Waals surface area contributed by atoms with Crippen molar-refractivity contribution in [1.29, 1.82) is 0 Å². The third-order valence-electron chi connectivity index (χ3n) is 2.90. The van der Waals surface area contributed by atoms with Gasteiger partial charge in [0, 0.05) is 12.4 Å². The monoisotopic (exact) mass is 202 g/mol. The lowest BCUT2D eigenvalue weighted by molar-refractivity contribution is 0.729. The Morgan fingerprint density at radius 1 is 1.33 bits per heavy atom. The molecule has 80 valence electrons. The molecule has 1 aromatic heterocycles. The fourth-order valence-electron chi connectivity index (χ4n) is 1.98. The SMILES string of the molecule is CCc1ccc2c(C(C)C)nn(C)c2c1. The van der Waals surface area contributed by atoms with E-state index in [1.807, 2.05) is 11.7 Å². The van der Waals surface area contributed by atoms with E-state index >= 15 is 0 Å². The van der Waals surface area contributed by atoms with Gasteiger partial charge in [0.1, 0.15) is 0 Å². The molecular formula is C13H18N2. The molecule has 0 aliphatic heterocycles. The second-order valence-electron chi connectivity index (χ2n) is 4.37. The molecule has 2 rings (SSSR count). The second-order valence-corrected chi connectivity index (χ2v) is 4.37. The molecule has 2 aromatic rings. The third-order valence-corrected chi connectivity index (χ3v) is 2.90. The van der Waals surface area contributed by atoms with E-state index in [0.29, 0.717) is 5.92 Å². The van der Waals surface area contributed by atoms with Gasteiger partial charge in [0.15, 0.2) is 0 Å². The van der Waals surface area contributed by atoms with Crippen molar-refractivity contribution in [1.82, 2.24) is 9.78 Å². The Bertz CT molecular complexity index is 480. The molecule has 0 aliphatic carbocycles. The third kappa shape index (κ3) is 1.65. The van der Waals surface area contributed by atoms with Crippen molar-refractivity contribution in [2.75, 3.05) is 0 Å². The van der Waals surface area contributed by atoms with Crippen molar-refractivity contribution in [2.45, 2.75) is 33.1 Å². The highest BCUT2D eigenvalue weighted by Gasteiger charge is 2.11. The summed E-state index contributed by atoms with van der Waals surface area (Å²) in [5.41, 5.74) is 3.83. The molecule has 2 nitrogen and oxygen atoms in total. The summed E-state index contributed by atoms with van der Waals surface area (Å²) in [6.45, 7) is 6.56.